The quantitative estimate of drug-likeness (QED) is 0.350. The lowest BCUT2D eigenvalue weighted by Gasteiger charge is -2.18. The van der Waals surface area contributed by atoms with Gasteiger partial charge >= 0.3 is 12.1 Å². The second kappa shape index (κ2) is 11.6. The number of ether oxygens (including phenoxy) is 2. The molecule has 1 unspecified atom stereocenters. The van der Waals surface area contributed by atoms with Crippen LogP contribution in [0.4, 0.5) is 10.5 Å². The molecular formula is C23H28N2O5. The molecule has 2 aromatic carbocycles. The van der Waals surface area contributed by atoms with Crippen LogP contribution in [0.15, 0.2) is 54.6 Å². The van der Waals surface area contributed by atoms with E-state index in [-0.39, 0.29) is 37.8 Å². The summed E-state index contributed by atoms with van der Waals surface area (Å²) >= 11 is 0. The number of benzene rings is 2. The second-order valence-electron chi connectivity index (χ2n) is 7.37. The highest BCUT2D eigenvalue weighted by molar-refractivity contribution is 5.96. The molecule has 2 aromatic rings. The minimum absolute atomic E-state index is 0.0598. The largest absolute Gasteiger partial charge is 0.464 e. The number of hydrogen-bond donors (Lipinski definition) is 2. The van der Waals surface area contributed by atoms with Gasteiger partial charge in [-0.05, 0) is 42.2 Å². The van der Waals surface area contributed by atoms with Gasteiger partial charge in [0.05, 0.1) is 6.61 Å². The number of nitrogens with two attached hydrogens (primary N) is 1. The van der Waals surface area contributed by atoms with Crippen LogP contribution in [0.2, 0.25) is 0 Å². The first-order chi connectivity index (χ1) is 14.3. The van der Waals surface area contributed by atoms with Crippen LogP contribution in [-0.2, 0) is 20.9 Å². The molecule has 0 saturated heterocycles. The zero-order chi connectivity index (χ0) is 21.9. The van der Waals surface area contributed by atoms with E-state index in [0.29, 0.717) is 11.3 Å². The van der Waals surface area contributed by atoms with Crippen molar-refractivity contribution in [3.05, 3.63) is 65.7 Å². The van der Waals surface area contributed by atoms with Crippen LogP contribution in [0.25, 0.3) is 0 Å². The first kappa shape index (κ1) is 22.9. The monoisotopic (exact) mass is 412 g/mol. The van der Waals surface area contributed by atoms with Crippen molar-refractivity contribution in [1.29, 1.82) is 0 Å². The van der Waals surface area contributed by atoms with Gasteiger partial charge in [0, 0.05) is 17.7 Å². The van der Waals surface area contributed by atoms with Gasteiger partial charge in [0.2, 0.25) is 0 Å². The predicted molar refractivity (Wildman–Crippen MR) is 114 cm³/mol. The van der Waals surface area contributed by atoms with E-state index in [1.807, 2.05) is 44.2 Å². The number of rotatable bonds is 10. The van der Waals surface area contributed by atoms with E-state index in [1.165, 1.54) is 0 Å². The zero-order valence-corrected chi connectivity index (χ0v) is 17.3. The number of alkyl carbamates (subject to hydrolysis) is 1. The molecule has 7 heteroatoms. The molecule has 0 bridgehead atoms. The number of anilines is 1. The first-order valence-corrected chi connectivity index (χ1v) is 9.87. The number of esters is 1. The van der Waals surface area contributed by atoms with Crippen molar-refractivity contribution in [2.45, 2.75) is 39.3 Å². The van der Waals surface area contributed by atoms with Gasteiger partial charge in [-0.1, -0.05) is 44.2 Å². The third-order valence-corrected chi connectivity index (χ3v) is 4.24. The Balaban J connectivity index is 1.94. The molecule has 3 N–H and O–H groups in total. The summed E-state index contributed by atoms with van der Waals surface area (Å²) in [5, 5.41) is 2.52. The van der Waals surface area contributed by atoms with E-state index in [9.17, 15) is 14.4 Å². The maximum atomic E-state index is 12.4. The fourth-order valence-electron chi connectivity index (χ4n) is 2.59. The lowest BCUT2D eigenvalue weighted by molar-refractivity contribution is -0.147. The number of carbonyl (C=O) groups excluding carboxylic acids is 3. The number of carbonyl (C=O) groups is 3. The van der Waals surface area contributed by atoms with Crippen LogP contribution < -0.4 is 11.1 Å². The number of hydrogen-bond acceptors (Lipinski definition) is 6. The molecule has 0 aromatic heterocycles. The highest BCUT2D eigenvalue weighted by Gasteiger charge is 2.24. The van der Waals surface area contributed by atoms with Crippen molar-refractivity contribution < 1.29 is 23.9 Å². The normalized spacial score (nSPS) is 11.6. The second-order valence-corrected chi connectivity index (χ2v) is 7.37. The molecule has 30 heavy (non-hydrogen) atoms. The van der Waals surface area contributed by atoms with Crippen molar-refractivity contribution in [3.8, 4) is 0 Å². The summed E-state index contributed by atoms with van der Waals surface area (Å²) in [4.78, 5) is 37.0. The van der Waals surface area contributed by atoms with Crippen LogP contribution >= 0.6 is 0 Å². The van der Waals surface area contributed by atoms with Gasteiger partial charge < -0.3 is 20.5 Å². The van der Waals surface area contributed by atoms with Gasteiger partial charge in [-0.3, -0.25) is 4.79 Å². The molecule has 1 amide bonds. The SMILES string of the molecule is CC(C)COC(=O)C(CCC(=O)c1ccc(N)cc1)NC(=O)OCc1ccccc1. The van der Waals surface area contributed by atoms with E-state index < -0.39 is 18.1 Å². The topological polar surface area (TPSA) is 108 Å². The molecule has 0 radical (unpaired) electrons. The Morgan fingerprint density at radius 3 is 2.27 bits per heavy atom. The Hall–Kier alpha value is -3.35. The van der Waals surface area contributed by atoms with Gasteiger partial charge in [-0.25, -0.2) is 9.59 Å². The van der Waals surface area contributed by atoms with Crippen LogP contribution in [0.3, 0.4) is 0 Å². The first-order valence-electron chi connectivity index (χ1n) is 9.87. The minimum atomic E-state index is -0.982. The molecule has 7 nitrogen and oxygen atoms in total. The van der Waals surface area contributed by atoms with Gasteiger partial charge in [-0.15, -0.1) is 0 Å². The van der Waals surface area contributed by atoms with Gasteiger partial charge in [0.15, 0.2) is 5.78 Å². The molecule has 0 spiro atoms. The molecule has 0 saturated carbocycles. The van der Waals surface area contributed by atoms with Gasteiger partial charge in [-0.2, -0.15) is 0 Å². The number of Topliss-reactive ketones (excluding diaryl/α,β-unsaturated/α-hetero) is 1. The number of nitrogen functional groups attached to an aromatic ring is 1. The smallest absolute Gasteiger partial charge is 0.408 e. The molecule has 0 fully saturated rings. The van der Waals surface area contributed by atoms with Crippen LogP contribution in [-0.4, -0.2) is 30.5 Å². The molecule has 0 aliphatic heterocycles. The maximum Gasteiger partial charge on any atom is 0.408 e. The van der Waals surface area contributed by atoms with Crippen molar-refractivity contribution >= 4 is 23.5 Å². The molecule has 0 aliphatic rings. The summed E-state index contributed by atoms with van der Waals surface area (Å²) in [5.74, 6) is -0.599. The van der Waals surface area contributed by atoms with E-state index in [4.69, 9.17) is 15.2 Å². The summed E-state index contributed by atoms with van der Waals surface area (Å²) < 4.78 is 10.4. The lowest BCUT2D eigenvalue weighted by Crippen LogP contribution is -2.42. The minimum Gasteiger partial charge on any atom is -0.464 e. The predicted octanol–water partition coefficient (Wildman–Crippen LogP) is 3.73. The number of nitrogens with one attached hydrogen (secondary N) is 1. The Kier molecular flexibility index (Phi) is 8.87. The Labute approximate surface area is 176 Å². The van der Waals surface area contributed by atoms with E-state index in [2.05, 4.69) is 5.32 Å². The molecule has 160 valence electrons. The summed E-state index contributed by atoms with van der Waals surface area (Å²) in [6, 6.07) is 14.8. The van der Waals surface area contributed by atoms with E-state index in [0.717, 1.165) is 5.56 Å². The Morgan fingerprint density at radius 1 is 0.967 bits per heavy atom. The van der Waals surface area contributed by atoms with E-state index >= 15 is 0 Å². The van der Waals surface area contributed by atoms with Crippen LogP contribution in [0.1, 0.15) is 42.6 Å². The summed E-state index contributed by atoms with van der Waals surface area (Å²) in [6.07, 6.45) is -0.587. The highest BCUT2D eigenvalue weighted by atomic mass is 16.6. The zero-order valence-electron chi connectivity index (χ0n) is 17.3. The molecule has 1 atom stereocenters. The van der Waals surface area contributed by atoms with Crippen molar-refractivity contribution in [3.63, 3.8) is 0 Å². The van der Waals surface area contributed by atoms with E-state index in [1.54, 1.807) is 24.3 Å². The third-order valence-electron chi connectivity index (χ3n) is 4.24. The Morgan fingerprint density at radius 2 is 1.63 bits per heavy atom. The summed E-state index contributed by atoms with van der Waals surface area (Å²) in [6.45, 7) is 4.12. The standard InChI is InChI=1S/C23H28N2O5/c1-16(2)14-29-22(27)20(12-13-21(26)18-8-10-19(24)11-9-18)25-23(28)30-15-17-6-4-3-5-7-17/h3-11,16,20H,12-15,24H2,1-2H3,(H,25,28). The Bertz CT molecular complexity index is 834. The fourth-order valence-corrected chi connectivity index (χ4v) is 2.59. The van der Waals surface area contributed by atoms with Crippen molar-refractivity contribution in [1.82, 2.24) is 5.32 Å². The average Bonchev–Trinajstić information content (AvgIpc) is 2.74. The molecular weight excluding hydrogens is 384 g/mol. The number of amides is 1. The molecule has 0 aliphatic carbocycles. The highest BCUT2D eigenvalue weighted by Crippen LogP contribution is 2.12. The fraction of sp³-hybridized carbons (Fsp3) is 0.348. The lowest BCUT2D eigenvalue weighted by atomic mass is 10.0. The van der Waals surface area contributed by atoms with Gasteiger partial charge in [0.1, 0.15) is 12.6 Å². The molecule has 0 heterocycles. The third kappa shape index (κ3) is 7.95. The van der Waals surface area contributed by atoms with Crippen molar-refractivity contribution in [2.24, 2.45) is 5.92 Å². The van der Waals surface area contributed by atoms with Crippen LogP contribution in [0.5, 0.6) is 0 Å². The van der Waals surface area contributed by atoms with Crippen LogP contribution in [0, 0.1) is 5.92 Å². The van der Waals surface area contributed by atoms with Crippen molar-refractivity contribution in [2.75, 3.05) is 12.3 Å². The summed E-state index contributed by atoms with van der Waals surface area (Å²) in [5.41, 5.74) is 7.51. The molecule has 2 rings (SSSR count). The maximum absolute atomic E-state index is 12.4. The summed E-state index contributed by atoms with van der Waals surface area (Å²) in [7, 11) is 0. The number of ketones is 1. The van der Waals surface area contributed by atoms with Gasteiger partial charge in [0.25, 0.3) is 0 Å². The average molecular weight is 412 g/mol.